The smallest absolute Gasteiger partial charge is 0.222 e. The van der Waals surface area contributed by atoms with Crippen LogP contribution >= 0.6 is 0 Å². The van der Waals surface area contributed by atoms with Gasteiger partial charge in [0.25, 0.3) is 0 Å². The molecule has 0 heterocycles. The summed E-state index contributed by atoms with van der Waals surface area (Å²) in [7, 11) is -9.89. The Labute approximate surface area is 126 Å². The van der Waals surface area contributed by atoms with Crippen LogP contribution in [-0.4, -0.2) is 0 Å². The second-order valence-electron chi connectivity index (χ2n) is 0.756. The van der Waals surface area contributed by atoms with Crippen molar-refractivity contribution < 1.29 is 128 Å². The Hall–Kier alpha value is 2.49. The second-order valence-corrected chi connectivity index (χ2v) is 2.27. The Morgan fingerprint density at radius 3 is 0.500 bits per heavy atom. The van der Waals surface area contributed by atoms with Crippen LogP contribution in [0.15, 0.2) is 0 Å². The van der Waals surface area contributed by atoms with E-state index in [0.29, 0.717) is 0 Å². The van der Waals surface area contributed by atoms with E-state index in [0.717, 1.165) is 0 Å². The topological polar surface area (TPSA) is 184 Å². The minimum atomic E-state index is -4.94. The summed E-state index contributed by atoms with van der Waals surface area (Å²) in [5.74, 6) is 0. The van der Waals surface area contributed by atoms with Crippen molar-refractivity contribution in [2.45, 2.75) is 0 Å². The van der Waals surface area contributed by atoms with Gasteiger partial charge < -0.3 is 0 Å². The molecular formula is Cl2KLiO8. The molecule has 12 heavy (non-hydrogen) atoms. The van der Waals surface area contributed by atoms with Crippen LogP contribution in [0.25, 0.3) is 0 Å². The molecule has 0 saturated heterocycles. The molecular weight excluding hydrogens is 245 g/mol. The predicted octanol–water partition coefficient (Wildman–Crippen LogP) is -15.5. The van der Waals surface area contributed by atoms with Crippen LogP contribution in [0.1, 0.15) is 0 Å². The van der Waals surface area contributed by atoms with Crippen molar-refractivity contribution in [1.29, 1.82) is 0 Å². The molecule has 0 amide bonds. The molecule has 0 aliphatic heterocycles. The third kappa shape index (κ3) is 265. The van der Waals surface area contributed by atoms with E-state index in [-0.39, 0.29) is 70.2 Å². The Balaban J connectivity index is -0.0000000457. The first-order valence-corrected chi connectivity index (χ1v) is 3.70. The van der Waals surface area contributed by atoms with Gasteiger partial charge in [0.1, 0.15) is 0 Å². The van der Waals surface area contributed by atoms with Gasteiger partial charge in [-0.2, -0.15) is 0 Å². The van der Waals surface area contributed by atoms with Gasteiger partial charge in [-0.05, 0) is 0 Å². The zero-order valence-corrected chi connectivity index (χ0v) is 10.7. The maximum Gasteiger partial charge on any atom is 1.00 e. The zero-order chi connectivity index (χ0) is 9.00. The summed E-state index contributed by atoms with van der Waals surface area (Å²) in [6.07, 6.45) is 0. The maximum atomic E-state index is 8.49. The van der Waals surface area contributed by atoms with Crippen molar-refractivity contribution in [1.82, 2.24) is 0 Å². The quantitative estimate of drug-likeness (QED) is 0.376. The monoisotopic (exact) mass is 244 g/mol. The van der Waals surface area contributed by atoms with Crippen molar-refractivity contribution in [3.63, 3.8) is 0 Å². The van der Waals surface area contributed by atoms with E-state index in [1.165, 1.54) is 0 Å². The predicted molar refractivity (Wildman–Crippen MR) is 0 cm³/mol. The first-order chi connectivity index (χ1) is 4.00. The van der Waals surface area contributed by atoms with E-state index < -0.39 is 20.5 Å². The van der Waals surface area contributed by atoms with E-state index in [9.17, 15) is 0 Å². The summed E-state index contributed by atoms with van der Waals surface area (Å²) in [5, 5.41) is 0. The zero-order valence-electron chi connectivity index (χ0n) is 6.02. The Morgan fingerprint density at radius 1 is 0.500 bits per heavy atom. The largest absolute Gasteiger partial charge is 1.00 e. The van der Waals surface area contributed by atoms with Crippen molar-refractivity contribution in [2.75, 3.05) is 0 Å². The Morgan fingerprint density at radius 2 is 0.500 bits per heavy atom. The molecule has 64 valence electrons. The van der Waals surface area contributed by atoms with Crippen molar-refractivity contribution >= 4 is 0 Å². The fourth-order valence-corrected chi connectivity index (χ4v) is 0. The molecule has 0 aromatic heterocycles. The minimum Gasteiger partial charge on any atom is -0.222 e. The molecule has 0 spiro atoms. The van der Waals surface area contributed by atoms with Gasteiger partial charge >= 0.3 is 70.2 Å². The molecule has 0 saturated carbocycles. The summed E-state index contributed by atoms with van der Waals surface area (Å²) >= 11 is 0. The summed E-state index contributed by atoms with van der Waals surface area (Å²) in [5.41, 5.74) is 0. The van der Waals surface area contributed by atoms with Crippen LogP contribution in [-0.2, 0) is 0 Å². The van der Waals surface area contributed by atoms with Crippen LogP contribution in [0.4, 0.5) is 0 Å². The molecule has 0 aliphatic rings. The molecule has 0 aromatic rings. The van der Waals surface area contributed by atoms with E-state index in [4.69, 9.17) is 37.3 Å². The van der Waals surface area contributed by atoms with Gasteiger partial charge in [0.15, 0.2) is 0 Å². The minimum absolute atomic E-state index is 0. The number of rotatable bonds is 0. The van der Waals surface area contributed by atoms with Gasteiger partial charge in [-0.25, -0.2) is 37.3 Å². The van der Waals surface area contributed by atoms with Gasteiger partial charge in [0.2, 0.25) is 0 Å². The average Bonchev–Trinajstić information content (AvgIpc) is 1.12. The summed E-state index contributed by atoms with van der Waals surface area (Å²) in [6.45, 7) is 0. The fraction of sp³-hybridized carbons (Fsp3) is 0. The summed E-state index contributed by atoms with van der Waals surface area (Å²) in [6, 6.07) is 0. The first kappa shape index (κ1) is 24.0. The molecule has 0 unspecified atom stereocenters. The van der Waals surface area contributed by atoms with Crippen molar-refractivity contribution in [3.8, 4) is 0 Å². The van der Waals surface area contributed by atoms with E-state index in [2.05, 4.69) is 0 Å². The van der Waals surface area contributed by atoms with Gasteiger partial charge in [-0.3, -0.25) is 0 Å². The summed E-state index contributed by atoms with van der Waals surface area (Å²) in [4.78, 5) is 0. The molecule has 0 N–H and O–H groups in total. The van der Waals surface area contributed by atoms with Gasteiger partial charge in [-0.1, -0.05) is 0 Å². The third-order valence-corrected chi connectivity index (χ3v) is 0. The molecule has 12 heteroatoms. The molecule has 0 bridgehead atoms. The fourth-order valence-electron chi connectivity index (χ4n) is 0. The maximum absolute atomic E-state index is 8.49. The first-order valence-electron chi connectivity index (χ1n) is 1.23. The Kier molecular flexibility index (Phi) is 20.0. The van der Waals surface area contributed by atoms with Gasteiger partial charge in [0.05, 0.1) is 0 Å². The molecule has 0 aromatic carbocycles. The second kappa shape index (κ2) is 10.0. The third-order valence-electron chi connectivity index (χ3n) is 0. The molecule has 0 atom stereocenters. The number of hydrogen-bond acceptors (Lipinski definition) is 8. The van der Waals surface area contributed by atoms with Gasteiger partial charge in [-0.15, -0.1) is 20.5 Å². The number of halogens is 2. The van der Waals surface area contributed by atoms with Gasteiger partial charge in [0, 0.05) is 0 Å². The van der Waals surface area contributed by atoms with Crippen LogP contribution in [0, 0.1) is 20.5 Å². The summed E-state index contributed by atoms with van der Waals surface area (Å²) < 4.78 is 67.9. The van der Waals surface area contributed by atoms with Crippen molar-refractivity contribution in [3.05, 3.63) is 0 Å². The van der Waals surface area contributed by atoms with E-state index in [1.54, 1.807) is 0 Å². The van der Waals surface area contributed by atoms with Crippen molar-refractivity contribution in [2.24, 2.45) is 0 Å². The molecule has 0 radical (unpaired) electrons. The van der Waals surface area contributed by atoms with E-state index >= 15 is 0 Å². The molecule has 0 aliphatic carbocycles. The van der Waals surface area contributed by atoms with E-state index in [1.807, 2.05) is 0 Å². The SMILES string of the molecule is [K+].[Li+].[O-][Cl+3]([O-])([O-])[O-].[O-][Cl+3]([O-])([O-])[O-]. The average molecular weight is 245 g/mol. The molecule has 0 rings (SSSR count). The van der Waals surface area contributed by atoms with Crippen LogP contribution in [0.5, 0.6) is 0 Å². The normalized spacial score (nSPS) is 10.0. The van der Waals surface area contributed by atoms with Crippen LogP contribution in [0.2, 0.25) is 0 Å². The molecule has 0 fully saturated rings. The van der Waals surface area contributed by atoms with Crippen LogP contribution in [0.3, 0.4) is 0 Å². The molecule has 8 nitrogen and oxygen atoms in total. The van der Waals surface area contributed by atoms with Crippen LogP contribution < -0.4 is 108 Å². The number of hydrogen-bond donors (Lipinski definition) is 0. The Bertz CT molecular complexity index is 60.0. The standard InChI is InChI=1S/2ClHO4.K.Li/c2*2-1(3,4)5;;/h2*(H,2,3,4,5);;/q;;2*+1/p-2.